The molecule has 0 unspecified atom stereocenters. The van der Waals surface area contributed by atoms with E-state index in [-0.39, 0.29) is 29.3 Å². The van der Waals surface area contributed by atoms with Crippen LogP contribution in [0.5, 0.6) is 0 Å². The molecule has 1 heterocycles. The zero-order chi connectivity index (χ0) is 13.3. The van der Waals surface area contributed by atoms with E-state index in [0.29, 0.717) is 0 Å². The maximum Gasteiger partial charge on any atom is 0.309 e. The Kier molecular flexibility index (Phi) is 3.29. The Labute approximate surface area is 106 Å². The number of carboxylic acids is 1. The van der Waals surface area contributed by atoms with Gasteiger partial charge >= 0.3 is 5.97 Å². The minimum Gasteiger partial charge on any atom is -0.481 e. The van der Waals surface area contributed by atoms with Crippen molar-refractivity contribution in [2.75, 3.05) is 5.01 Å². The number of amides is 1. The van der Waals surface area contributed by atoms with Gasteiger partial charge in [0.05, 0.1) is 23.6 Å². The molecular formula is C11H8ClFN2O3. The number of para-hydroxylation sites is 1. The standard InChI is InChI=1S/C11H8ClFN2O3/c12-7-2-1-3-8(13)11(7)15-9(16)4-6(14-15)5-10(17)18/h1-3H,4-5H2,(H,17,18). The van der Waals surface area contributed by atoms with Crippen molar-refractivity contribution >= 4 is 34.9 Å². The van der Waals surface area contributed by atoms with E-state index in [1.165, 1.54) is 12.1 Å². The summed E-state index contributed by atoms with van der Waals surface area (Å²) in [4.78, 5) is 22.2. The van der Waals surface area contributed by atoms with Crippen molar-refractivity contribution < 1.29 is 19.1 Å². The fourth-order valence-electron chi connectivity index (χ4n) is 1.62. The van der Waals surface area contributed by atoms with Crippen molar-refractivity contribution in [3.05, 3.63) is 29.0 Å². The number of carbonyl (C=O) groups excluding carboxylic acids is 1. The number of hydrogen-bond acceptors (Lipinski definition) is 3. The van der Waals surface area contributed by atoms with Gasteiger partial charge in [-0.05, 0) is 12.1 Å². The van der Waals surface area contributed by atoms with Crippen LogP contribution >= 0.6 is 11.6 Å². The molecule has 0 aliphatic carbocycles. The van der Waals surface area contributed by atoms with Gasteiger partial charge in [0.1, 0.15) is 5.69 Å². The van der Waals surface area contributed by atoms with Crippen LogP contribution in [0.2, 0.25) is 5.02 Å². The number of hydrogen-bond donors (Lipinski definition) is 1. The topological polar surface area (TPSA) is 70.0 Å². The summed E-state index contributed by atoms with van der Waals surface area (Å²) >= 11 is 5.81. The van der Waals surface area contributed by atoms with Crippen molar-refractivity contribution in [2.45, 2.75) is 12.8 Å². The second kappa shape index (κ2) is 4.73. The fraction of sp³-hybridized carbons (Fsp3) is 0.182. The molecule has 0 atom stereocenters. The molecular weight excluding hydrogens is 263 g/mol. The van der Waals surface area contributed by atoms with Crippen molar-refractivity contribution in [3.8, 4) is 0 Å². The monoisotopic (exact) mass is 270 g/mol. The summed E-state index contributed by atoms with van der Waals surface area (Å²) in [5.41, 5.74) is 0.0244. The number of rotatable bonds is 3. The average Bonchev–Trinajstić information content (AvgIpc) is 2.58. The molecule has 2 rings (SSSR count). The largest absolute Gasteiger partial charge is 0.481 e. The molecule has 0 fully saturated rings. The van der Waals surface area contributed by atoms with Crippen LogP contribution in [-0.2, 0) is 9.59 Å². The second-order valence-electron chi connectivity index (χ2n) is 3.69. The van der Waals surface area contributed by atoms with Crippen LogP contribution in [0.4, 0.5) is 10.1 Å². The van der Waals surface area contributed by atoms with Crippen molar-refractivity contribution in [1.29, 1.82) is 0 Å². The molecule has 1 aromatic rings. The minimum atomic E-state index is -1.09. The summed E-state index contributed by atoms with van der Waals surface area (Å²) in [6, 6.07) is 3.99. The number of anilines is 1. The van der Waals surface area contributed by atoms with Gasteiger partial charge < -0.3 is 5.11 Å². The molecule has 18 heavy (non-hydrogen) atoms. The van der Waals surface area contributed by atoms with Gasteiger partial charge in [-0.15, -0.1) is 0 Å². The molecule has 1 aliphatic rings. The first-order valence-corrected chi connectivity index (χ1v) is 5.42. The van der Waals surface area contributed by atoms with Crippen LogP contribution in [0.3, 0.4) is 0 Å². The number of benzene rings is 1. The Hall–Kier alpha value is -1.95. The Morgan fingerprint density at radius 1 is 1.56 bits per heavy atom. The number of aliphatic carboxylic acids is 1. The van der Waals surface area contributed by atoms with E-state index in [2.05, 4.69) is 5.10 Å². The van der Waals surface area contributed by atoms with Gasteiger partial charge in [0.25, 0.3) is 5.91 Å². The van der Waals surface area contributed by atoms with Gasteiger partial charge in [-0.1, -0.05) is 17.7 Å². The van der Waals surface area contributed by atoms with Gasteiger partial charge in [-0.25, -0.2) is 4.39 Å². The molecule has 0 bridgehead atoms. The molecule has 5 nitrogen and oxygen atoms in total. The zero-order valence-electron chi connectivity index (χ0n) is 9.06. The lowest BCUT2D eigenvalue weighted by Gasteiger charge is -2.13. The Balaban J connectivity index is 2.36. The molecule has 7 heteroatoms. The molecule has 1 amide bonds. The lowest BCUT2D eigenvalue weighted by Crippen LogP contribution is -2.21. The molecule has 0 aromatic heterocycles. The maximum absolute atomic E-state index is 13.6. The summed E-state index contributed by atoms with van der Waals surface area (Å²) in [7, 11) is 0. The summed E-state index contributed by atoms with van der Waals surface area (Å²) in [6.07, 6.45) is -0.495. The minimum absolute atomic E-state index is 0.0451. The highest BCUT2D eigenvalue weighted by Crippen LogP contribution is 2.31. The predicted octanol–water partition coefficient (Wildman–Crippen LogP) is 2.05. The number of nitrogens with zero attached hydrogens (tertiary/aromatic N) is 2. The van der Waals surface area contributed by atoms with Crippen LogP contribution in [0.1, 0.15) is 12.8 Å². The van der Waals surface area contributed by atoms with Crippen LogP contribution < -0.4 is 5.01 Å². The highest BCUT2D eigenvalue weighted by atomic mass is 35.5. The molecule has 1 aromatic carbocycles. The molecule has 0 spiro atoms. The van der Waals surface area contributed by atoms with E-state index >= 15 is 0 Å². The summed E-state index contributed by atoms with van der Waals surface area (Å²) in [6.45, 7) is 0. The Morgan fingerprint density at radius 2 is 2.28 bits per heavy atom. The van der Waals surface area contributed by atoms with Gasteiger partial charge in [0.2, 0.25) is 0 Å². The van der Waals surface area contributed by atoms with Gasteiger partial charge in [-0.3, -0.25) is 9.59 Å². The second-order valence-corrected chi connectivity index (χ2v) is 4.10. The highest BCUT2D eigenvalue weighted by molar-refractivity contribution is 6.34. The lowest BCUT2D eigenvalue weighted by molar-refractivity contribution is -0.135. The number of carboxylic acid groups (broad SMARTS) is 1. The van der Waals surface area contributed by atoms with E-state index in [0.717, 1.165) is 11.1 Å². The van der Waals surface area contributed by atoms with Crippen LogP contribution in [-0.4, -0.2) is 22.7 Å². The predicted molar refractivity (Wildman–Crippen MR) is 63.2 cm³/mol. The summed E-state index contributed by atoms with van der Waals surface area (Å²) in [5.74, 6) is -2.28. The number of hydrazone groups is 1. The zero-order valence-corrected chi connectivity index (χ0v) is 9.82. The smallest absolute Gasteiger partial charge is 0.309 e. The van der Waals surface area contributed by atoms with Crippen LogP contribution in [0, 0.1) is 5.82 Å². The molecule has 1 N–H and O–H groups in total. The van der Waals surface area contributed by atoms with Crippen molar-refractivity contribution in [3.63, 3.8) is 0 Å². The van der Waals surface area contributed by atoms with E-state index in [1.807, 2.05) is 0 Å². The van der Waals surface area contributed by atoms with E-state index in [9.17, 15) is 14.0 Å². The maximum atomic E-state index is 13.6. The number of carbonyl (C=O) groups is 2. The SMILES string of the molecule is O=C(O)CC1=NN(c2c(F)cccc2Cl)C(=O)C1. The fourth-order valence-corrected chi connectivity index (χ4v) is 1.86. The molecule has 94 valence electrons. The number of halogens is 2. The summed E-state index contributed by atoms with van der Waals surface area (Å²) in [5, 5.41) is 13.3. The van der Waals surface area contributed by atoms with E-state index in [1.54, 1.807) is 0 Å². The molecule has 1 aliphatic heterocycles. The van der Waals surface area contributed by atoms with Crippen LogP contribution in [0.15, 0.2) is 23.3 Å². The Morgan fingerprint density at radius 3 is 2.89 bits per heavy atom. The third kappa shape index (κ3) is 2.33. The first-order valence-electron chi connectivity index (χ1n) is 5.04. The average molecular weight is 271 g/mol. The van der Waals surface area contributed by atoms with Crippen molar-refractivity contribution in [2.24, 2.45) is 5.10 Å². The first-order chi connectivity index (χ1) is 8.49. The quantitative estimate of drug-likeness (QED) is 0.914. The van der Waals surface area contributed by atoms with Gasteiger partial charge in [0, 0.05) is 0 Å². The molecule has 0 saturated heterocycles. The van der Waals surface area contributed by atoms with Crippen LogP contribution in [0.25, 0.3) is 0 Å². The third-order valence-electron chi connectivity index (χ3n) is 2.34. The lowest BCUT2D eigenvalue weighted by atomic mass is 10.2. The normalized spacial score (nSPS) is 14.9. The van der Waals surface area contributed by atoms with Crippen molar-refractivity contribution in [1.82, 2.24) is 0 Å². The van der Waals surface area contributed by atoms with E-state index < -0.39 is 17.7 Å². The van der Waals surface area contributed by atoms with Gasteiger partial charge in [0.15, 0.2) is 5.82 Å². The van der Waals surface area contributed by atoms with E-state index in [4.69, 9.17) is 16.7 Å². The van der Waals surface area contributed by atoms with Gasteiger partial charge in [-0.2, -0.15) is 10.1 Å². The highest BCUT2D eigenvalue weighted by Gasteiger charge is 2.29. The third-order valence-corrected chi connectivity index (χ3v) is 2.64. The molecule has 0 radical (unpaired) electrons. The first kappa shape index (κ1) is 12.5. The Bertz CT molecular complexity index is 539. The molecule has 0 saturated carbocycles. The summed E-state index contributed by atoms with van der Waals surface area (Å²) < 4.78 is 13.6.